The highest BCUT2D eigenvalue weighted by molar-refractivity contribution is 7.90. The average Bonchev–Trinajstić information content (AvgIpc) is 3.24. The number of rotatable bonds is 5. The summed E-state index contributed by atoms with van der Waals surface area (Å²) in [7, 11) is -3.41. The molecule has 1 aliphatic heterocycles. The monoisotopic (exact) mass is 562 g/mol. The molecule has 0 amide bonds. The first-order valence-electron chi connectivity index (χ1n) is 10.3. The quantitative estimate of drug-likeness (QED) is 0.301. The Hall–Kier alpha value is -2.69. The van der Waals surface area contributed by atoms with Crippen molar-refractivity contribution in [2.24, 2.45) is 5.10 Å². The summed E-state index contributed by atoms with van der Waals surface area (Å²) in [5.74, 6) is -5.14. The third-order valence-electron chi connectivity index (χ3n) is 5.63. The van der Waals surface area contributed by atoms with Crippen molar-refractivity contribution in [1.82, 2.24) is 0 Å². The van der Waals surface area contributed by atoms with Gasteiger partial charge in [0.15, 0.2) is 9.84 Å². The lowest BCUT2D eigenvalue weighted by atomic mass is 9.95. The van der Waals surface area contributed by atoms with E-state index in [0.29, 0.717) is 16.7 Å². The molecule has 1 heterocycles. The van der Waals surface area contributed by atoms with Crippen molar-refractivity contribution in [3.05, 3.63) is 82.3 Å². The first-order chi connectivity index (χ1) is 16.7. The van der Waals surface area contributed by atoms with E-state index in [1.165, 1.54) is 30.3 Å². The highest BCUT2D eigenvalue weighted by Gasteiger charge is 2.62. The lowest BCUT2D eigenvalue weighted by molar-refractivity contribution is -0.249. The SMILES string of the molecule is CS(=O)(=O)c1ccc(-c2cccc(C3CC(C(F)(F)C(F)(F)F)=NN3c3cc(Cl)cc(Cl)c3)c2)cc1. The minimum atomic E-state index is -5.82. The van der Waals surface area contributed by atoms with Crippen LogP contribution in [0.2, 0.25) is 10.0 Å². The van der Waals surface area contributed by atoms with E-state index in [1.807, 2.05) is 0 Å². The maximum absolute atomic E-state index is 14.3. The van der Waals surface area contributed by atoms with Gasteiger partial charge in [-0.3, -0.25) is 5.01 Å². The van der Waals surface area contributed by atoms with E-state index in [-0.39, 0.29) is 20.6 Å². The number of alkyl halides is 5. The molecule has 12 heteroatoms. The molecule has 36 heavy (non-hydrogen) atoms. The highest BCUT2D eigenvalue weighted by Crippen LogP contribution is 2.45. The third-order valence-corrected chi connectivity index (χ3v) is 7.19. The van der Waals surface area contributed by atoms with Crippen molar-refractivity contribution in [3.8, 4) is 11.1 Å². The van der Waals surface area contributed by atoms with E-state index >= 15 is 0 Å². The first-order valence-corrected chi connectivity index (χ1v) is 13.0. The van der Waals surface area contributed by atoms with Crippen LogP contribution in [-0.4, -0.2) is 32.5 Å². The van der Waals surface area contributed by atoms with Gasteiger partial charge in [-0.1, -0.05) is 53.5 Å². The summed E-state index contributed by atoms with van der Waals surface area (Å²) in [6.45, 7) is 0. The molecule has 0 saturated heterocycles. The Morgan fingerprint density at radius 3 is 2.06 bits per heavy atom. The van der Waals surface area contributed by atoms with E-state index in [4.69, 9.17) is 23.2 Å². The minimum Gasteiger partial charge on any atom is -0.257 e. The zero-order valence-corrected chi connectivity index (χ0v) is 20.7. The van der Waals surface area contributed by atoms with E-state index in [9.17, 15) is 30.4 Å². The van der Waals surface area contributed by atoms with E-state index in [1.54, 1.807) is 36.4 Å². The predicted octanol–water partition coefficient (Wildman–Crippen LogP) is 7.57. The van der Waals surface area contributed by atoms with Crippen LogP contribution in [0.25, 0.3) is 11.1 Å². The van der Waals surface area contributed by atoms with Crippen molar-refractivity contribution in [2.75, 3.05) is 11.3 Å². The fraction of sp³-hybridized carbons (Fsp3) is 0.208. The van der Waals surface area contributed by atoms with Crippen molar-refractivity contribution in [2.45, 2.75) is 29.5 Å². The third kappa shape index (κ3) is 5.21. The van der Waals surface area contributed by atoms with Crippen molar-refractivity contribution >= 4 is 44.4 Å². The molecule has 0 saturated carbocycles. The van der Waals surface area contributed by atoms with Gasteiger partial charge in [-0.15, -0.1) is 0 Å². The van der Waals surface area contributed by atoms with Crippen LogP contribution in [0.1, 0.15) is 18.0 Å². The Labute approximate surface area is 213 Å². The number of halogens is 7. The predicted molar refractivity (Wildman–Crippen MR) is 130 cm³/mol. The molecule has 190 valence electrons. The molecule has 1 aliphatic rings. The molecular formula is C24H17Cl2F5N2O2S. The Bertz CT molecular complexity index is 1420. The maximum atomic E-state index is 14.3. The largest absolute Gasteiger partial charge is 0.459 e. The highest BCUT2D eigenvalue weighted by atomic mass is 35.5. The second-order valence-corrected chi connectivity index (χ2v) is 11.1. The van der Waals surface area contributed by atoms with Crippen molar-refractivity contribution < 1.29 is 30.4 Å². The van der Waals surface area contributed by atoms with Gasteiger partial charge in [0.25, 0.3) is 0 Å². The van der Waals surface area contributed by atoms with E-state index in [0.717, 1.165) is 11.3 Å². The molecule has 4 nitrogen and oxygen atoms in total. The zero-order chi connectivity index (χ0) is 26.5. The molecule has 4 rings (SSSR count). The van der Waals surface area contributed by atoms with E-state index in [2.05, 4.69) is 5.10 Å². The van der Waals surface area contributed by atoms with Crippen LogP contribution in [0.15, 0.2) is 76.7 Å². The molecule has 0 aliphatic carbocycles. The molecule has 0 radical (unpaired) electrons. The van der Waals surface area contributed by atoms with Gasteiger partial charge in [0.05, 0.1) is 16.6 Å². The average molecular weight is 563 g/mol. The summed E-state index contributed by atoms with van der Waals surface area (Å²) in [5, 5.41) is 5.04. The fourth-order valence-electron chi connectivity index (χ4n) is 3.85. The van der Waals surface area contributed by atoms with Gasteiger partial charge in [-0.2, -0.15) is 27.1 Å². The van der Waals surface area contributed by atoms with Crippen LogP contribution in [0.5, 0.6) is 0 Å². The van der Waals surface area contributed by atoms with Crippen LogP contribution in [0.3, 0.4) is 0 Å². The summed E-state index contributed by atoms with van der Waals surface area (Å²) in [6, 6.07) is 15.7. The molecule has 0 N–H and O–H groups in total. The molecule has 1 unspecified atom stereocenters. The van der Waals surface area contributed by atoms with Crippen molar-refractivity contribution in [3.63, 3.8) is 0 Å². The Morgan fingerprint density at radius 1 is 0.889 bits per heavy atom. The number of hydrazone groups is 1. The van der Waals surface area contributed by atoms with Gasteiger partial charge < -0.3 is 0 Å². The molecular weight excluding hydrogens is 546 g/mol. The molecule has 0 bridgehead atoms. The number of benzene rings is 3. The van der Waals surface area contributed by atoms with Gasteiger partial charge in [-0.05, 0) is 53.1 Å². The Balaban J connectivity index is 1.77. The smallest absolute Gasteiger partial charge is 0.257 e. The summed E-state index contributed by atoms with van der Waals surface area (Å²) in [6.07, 6.45) is -5.44. The zero-order valence-electron chi connectivity index (χ0n) is 18.4. The summed E-state index contributed by atoms with van der Waals surface area (Å²) < 4.78 is 91.4. The number of hydrogen-bond acceptors (Lipinski definition) is 4. The molecule has 1 atom stereocenters. The van der Waals surface area contributed by atoms with Crippen LogP contribution in [0.4, 0.5) is 27.6 Å². The van der Waals surface area contributed by atoms with Gasteiger partial charge in [0.1, 0.15) is 5.71 Å². The van der Waals surface area contributed by atoms with Crippen LogP contribution < -0.4 is 5.01 Å². The maximum Gasteiger partial charge on any atom is 0.459 e. The lowest BCUT2D eigenvalue weighted by Crippen LogP contribution is -2.43. The van der Waals surface area contributed by atoms with Gasteiger partial charge in [0.2, 0.25) is 0 Å². The first kappa shape index (κ1) is 26.4. The van der Waals surface area contributed by atoms with E-state index < -0.39 is 40.1 Å². The summed E-state index contributed by atoms with van der Waals surface area (Å²) >= 11 is 12.1. The fourth-order valence-corrected chi connectivity index (χ4v) is 5.00. The Morgan fingerprint density at radius 2 is 1.50 bits per heavy atom. The molecule has 3 aromatic carbocycles. The van der Waals surface area contributed by atoms with Crippen LogP contribution >= 0.6 is 23.2 Å². The molecule has 0 spiro atoms. The second kappa shape index (κ2) is 9.32. The number of nitrogens with zero attached hydrogens (tertiary/aromatic N) is 2. The van der Waals surface area contributed by atoms with Gasteiger partial charge in [-0.25, -0.2) is 8.42 Å². The van der Waals surface area contributed by atoms with Crippen LogP contribution in [0, 0.1) is 0 Å². The topological polar surface area (TPSA) is 49.7 Å². The van der Waals surface area contributed by atoms with Gasteiger partial charge >= 0.3 is 12.1 Å². The lowest BCUT2D eigenvalue weighted by Gasteiger charge is -2.25. The number of sulfone groups is 1. The van der Waals surface area contributed by atoms with Crippen LogP contribution in [-0.2, 0) is 9.84 Å². The summed E-state index contributed by atoms with van der Waals surface area (Å²) in [5.41, 5.74) is 0.453. The molecule has 0 aromatic heterocycles. The minimum absolute atomic E-state index is 0.120. The summed E-state index contributed by atoms with van der Waals surface area (Å²) in [4.78, 5) is 0.120. The molecule has 0 fully saturated rings. The molecule has 3 aromatic rings. The number of hydrogen-bond donors (Lipinski definition) is 0. The normalized spacial score (nSPS) is 16.8. The standard InChI is InChI=1S/C24H17Cl2F5N2O2S/c1-36(34,35)20-7-5-14(6-8-20)15-3-2-4-16(9-15)21-13-22(23(27,28)24(29,30)31)32-33(21)19-11-17(25)10-18(26)12-19/h2-12,21H,13H2,1H3. The Kier molecular flexibility index (Phi) is 6.83. The van der Waals surface area contributed by atoms with Crippen molar-refractivity contribution in [1.29, 1.82) is 0 Å². The van der Waals surface area contributed by atoms with Gasteiger partial charge in [0, 0.05) is 22.7 Å². The second-order valence-electron chi connectivity index (χ2n) is 8.23. The number of anilines is 1.